The first kappa shape index (κ1) is 16.6. The summed E-state index contributed by atoms with van der Waals surface area (Å²) in [5, 5.41) is 6.21. The number of amides is 2. The van der Waals surface area contributed by atoms with Gasteiger partial charge in [-0.25, -0.2) is 0 Å². The number of anilines is 3. The van der Waals surface area contributed by atoms with Gasteiger partial charge in [-0.1, -0.05) is 18.2 Å². The Hall–Kier alpha value is -2.82. The number of nitrogens with zero attached hydrogens (tertiary/aromatic N) is 1. The molecule has 2 aliphatic rings. The van der Waals surface area contributed by atoms with Gasteiger partial charge in [-0.3, -0.25) is 9.59 Å². The van der Waals surface area contributed by atoms with Crippen LogP contribution >= 0.6 is 0 Å². The molecule has 0 aliphatic carbocycles. The number of hydrogen-bond donors (Lipinski definition) is 2. The average Bonchev–Trinajstić information content (AvgIpc) is 2.96. The molecule has 5 heteroatoms. The molecule has 2 N–H and O–H groups in total. The van der Waals surface area contributed by atoms with Gasteiger partial charge in [0.15, 0.2) is 0 Å². The Morgan fingerprint density at radius 3 is 2.85 bits per heavy atom. The summed E-state index contributed by atoms with van der Waals surface area (Å²) in [7, 11) is 0. The van der Waals surface area contributed by atoms with Gasteiger partial charge < -0.3 is 15.5 Å². The maximum absolute atomic E-state index is 13.1. The number of fused-ring (bicyclic) bond motifs is 2. The topological polar surface area (TPSA) is 61.4 Å². The minimum absolute atomic E-state index is 0.0587. The van der Waals surface area contributed by atoms with Crippen molar-refractivity contribution in [2.75, 3.05) is 15.5 Å². The highest BCUT2D eigenvalue weighted by Crippen LogP contribution is 2.33. The summed E-state index contributed by atoms with van der Waals surface area (Å²) in [6.07, 6.45) is 2.13. The van der Waals surface area contributed by atoms with Crippen molar-refractivity contribution in [2.45, 2.75) is 45.2 Å². The highest BCUT2D eigenvalue weighted by molar-refractivity contribution is 6.01. The molecule has 0 bridgehead atoms. The fourth-order valence-electron chi connectivity index (χ4n) is 3.89. The van der Waals surface area contributed by atoms with Gasteiger partial charge in [-0.15, -0.1) is 0 Å². The van der Waals surface area contributed by atoms with Crippen molar-refractivity contribution in [3.63, 3.8) is 0 Å². The van der Waals surface area contributed by atoms with E-state index in [4.69, 9.17) is 0 Å². The SMILES string of the molecule is C[C@@H](Nc1ccc2c(c1)CCC(=O)N2)C(=O)N1c2ccccc2C[C@@H]1C. The second-order valence-electron chi connectivity index (χ2n) is 7.18. The highest BCUT2D eigenvalue weighted by Gasteiger charge is 2.33. The van der Waals surface area contributed by atoms with E-state index in [1.165, 1.54) is 5.56 Å². The van der Waals surface area contributed by atoms with Crippen LogP contribution in [0.5, 0.6) is 0 Å². The van der Waals surface area contributed by atoms with Crippen molar-refractivity contribution in [3.05, 3.63) is 53.6 Å². The Balaban J connectivity index is 1.51. The molecule has 2 aromatic rings. The lowest BCUT2D eigenvalue weighted by atomic mass is 10.0. The van der Waals surface area contributed by atoms with Gasteiger partial charge in [-0.2, -0.15) is 0 Å². The standard InChI is InChI=1S/C21H23N3O2/c1-13-11-16-5-3-4-6-19(16)24(13)21(26)14(2)22-17-8-9-18-15(12-17)7-10-20(25)23-18/h3-6,8-9,12-14,22H,7,10-11H2,1-2H3,(H,23,25)/t13-,14+/m0/s1. The van der Waals surface area contributed by atoms with E-state index in [2.05, 4.69) is 23.6 Å². The lowest BCUT2D eigenvalue weighted by molar-refractivity contribution is -0.119. The van der Waals surface area contributed by atoms with Gasteiger partial charge in [0, 0.05) is 29.5 Å². The Morgan fingerprint density at radius 2 is 2.00 bits per heavy atom. The van der Waals surface area contributed by atoms with E-state index in [0.717, 1.165) is 35.5 Å². The van der Waals surface area contributed by atoms with Crippen LogP contribution in [0.3, 0.4) is 0 Å². The molecule has 2 heterocycles. The van der Waals surface area contributed by atoms with E-state index in [1.54, 1.807) is 0 Å². The van der Waals surface area contributed by atoms with Crippen LogP contribution in [0.1, 0.15) is 31.4 Å². The molecule has 0 saturated carbocycles. The van der Waals surface area contributed by atoms with Crippen molar-refractivity contribution in [2.24, 2.45) is 0 Å². The average molecular weight is 349 g/mol. The van der Waals surface area contributed by atoms with Crippen molar-refractivity contribution in [1.29, 1.82) is 0 Å². The Bertz CT molecular complexity index is 877. The minimum Gasteiger partial charge on any atom is -0.374 e. The van der Waals surface area contributed by atoms with Crippen LogP contribution in [-0.2, 0) is 22.4 Å². The molecule has 4 rings (SSSR count). The first-order chi connectivity index (χ1) is 12.5. The zero-order valence-corrected chi connectivity index (χ0v) is 15.1. The first-order valence-corrected chi connectivity index (χ1v) is 9.13. The summed E-state index contributed by atoms with van der Waals surface area (Å²) >= 11 is 0. The van der Waals surface area contributed by atoms with Crippen LogP contribution < -0.4 is 15.5 Å². The third-order valence-electron chi connectivity index (χ3n) is 5.20. The number of hydrogen-bond acceptors (Lipinski definition) is 3. The van der Waals surface area contributed by atoms with Crippen molar-refractivity contribution < 1.29 is 9.59 Å². The summed E-state index contributed by atoms with van der Waals surface area (Å²) < 4.78 is 0. The molecule has 0 aromatic heterocycles. The van der Waals surface area contributed by atoms with Crippen LogP contribution in [0.25, 0.3) is 0 Å². The maximum Gasteiger partial charge on any atom is 0.249 e. The quantitative estimate of drug-likeness (QED) is 0.893. The van der Waals surface area contributed by atoms with E-state index in [9.17, 15) is 9.59 Å². The smallest absolute Gasteiger partial charge is 0.249 e. The van der Waals surface area contributed by atoms with Crippen LogP contribution in [0.4, 0.5) is 17.1 Å². The van der Waals surface area contributed by atoms with Gasteiger partial charge in [0.25, 0.3) is 0 Å². The molecule has 2 atom stereocenters. The number of carbonyl (C=O) groups is 2. The number of benzene rings is 2. The molecule has 2 aromatic carbocycles. The number of nitrogens with one attached hydrogen (secondary N) is 2. The van der Waals surface area contributed by atoms with Crippen molar-refractivity contribution in [1.82, 2.24) is 0 Å². The summed E-state index contributed by atoms with van der Waals surface area (Å²) in [5.74, 6) is 0.136. The largest absolute Gasteiger partial charge is 0.374 e. The van der Waals surface area contributed by atoms with Gasteiger partial charge in [0.05, 0.1) is 0 Å². The molecule has 0 radical (unpaired) electrons. The summed E-state index contributed by atoms with van der Waals surface area (Å²) in [6, 6.07) is 13.8. The lowest BCUT2D eigenvalue weighted by Gasteiger charge is -2.27. The summed E-state index contributed by atoms with van der Waals surface area (Å²) in [6.45, 7) is 3.99. The van der Waals surface area contributed by atoms with Crippen LogP contribution in [0.2, 0.25) is 0 Å². The second kappa shape index (κ2) is 6.48. The van der Waals surface area contributed by atoms with Crippen LogP contribution in [-0.4, -0.2) is 23.9 Å². The molecule has 26 heavy (non-hydrogen) atoms. The monoisotopic (exact) mass is 349 g/mol. The fourth-order valence-corrected chi connectivity index (χ4v) is 3.89. The molecule has 0 unspecified atom stereocenters. The zero-order chi connectivity index (χ0) is 18.3. The van der Waals surface area contributed by atoms with Crippen molar-refractivity contribution in [3.8, 4) is 0 Å². The van der Waals surface area contributed by atoms with Crippen LogP contribution in [0, 0.1) is 0 Å². The van der Waals surface area contributed by atoms with Crippen molar-refractivity contribution >= 4 is 28.9 Å². The molecule has 2 aliphatic heterocycles. The van der Waals surface area contributed by atoms with Gasteiger partial charge >= 0.3 is 0 Å². The molecule has 2 amide bonds. The third kappa shape index (κ3) is 2.94. The van der Waals surface area contributed by atoms with E-state index in [0.29, 0.717) is 6.42 Å². The van der Waals surface area contributed by atoms with E-state index in [-0.39, 0.29) is 23.9 Å². The second-order valence-corrected chi connectivity index (χ2v) is 7.18. The number of aryl methyl sites for hydroxylation is 1. The zero-order valence-electron chi connectivity index (χ0n) is 15.1. The molecule has 0 saturated heterocycles. The number of carbonyl (C=O) groups excluding carboxylic acids is 2. The van der Waals surface area contributed by atoms with E-state index >= 15 is 0 Å². The van der Waals surface area contributed by atoms with Gasteiger partial charge in [0.2, 0.25) is 11.8 Å². The molecule has 134 valence electrons. The fraction of sp³-hybridized carbons (Fsp3) is 0.333. The predicted octanol–water partition coefficient (Wildman–Crippen LogP) is 3.35. The molecular formula is C21H23N3O2. The number of para-hydroxylation sites is 1. The Labute approximate surface area is 153 Å². The Morgan fingerprint density at radius 1 is 1.19 bits per heavy atom. The molecular weight excluding hydrogens is 326 g/mol. The highest BCUT2D eigenvalue weighted by atomic mass is 16.2. The van der Waals surface area contributed by atoms with E-state index in [1.807, 2.05) is 48.2 Å². The van der Waals surface area contributed by atoms with Crippen LogP contribution in [0.15, 0.2) is 42.5 Å². The summed E-state index contributed by atoms with van der Waals surface area (Å²) in [5.41, 5.74) is 5.12. The van der Waals surface area contributed by atoms with Gasteiger partial charge in [0.1, 0.15) is 6.04 Å². The molecule has 0 spiro atoms. The predicted molar refractivity (Wildman–Crippen MR) is 104 cm³/mol. The number of rotatable bonds is 3. The first-order valence-electron chi connectivity index (χ1n) is 9.13. The Kier molecular flexibility index (Phi) is 4.15. The molecule has 5 nitrogen and oxygen atoms in total. The molecule has 0 fully saturated rings. The summed E-state index contributed by atoms with van der Waals surface area (Å²) in [4.78, 5) is 26.4. The van der Waals surface area contributed by atoms with E-state index < -0.39 is 0 Å². The van der Waals surface area contributed by atoms with Gasteiger partial charge in [-0.05, 0) is 62.1 Å². The minimum atomic E-state index is -0.333. The third-order valence-corrected chi connectivity index (χ3v) is 5.20. The normalized spacial score (nSPS) is 19.4. The maximum atomic E-state index is 13.1. The lowest BCUT2D eigenvalue weighted by Crippen LogP contribution is -2.44.